The van der Waals surface area contributed by atoms with E-state index >= 15 is 0 Å². The van der Waals surface area contributed by atoms with E-state index in [4.69, 9.17) is 5.73 Å². The fourth-order valence-corrected chi connectivity index (χ4v) is 4.57. The van der Waals surface area contributed by atoms with Gasteiger partial charge >= 0.3 is 0 Å². The van der Waals surface area contributed by atoms with Gasteiger partial charge in [-0.1, -0.05) is 16.4 Å². The number of aryl methyl sites for hydroxylation is 1. The number of carbonyl (C=O) groups excluding carboxylic acids is 1. The van der Waals surface area contributed by atoms with Crippen molar-refractivity contribution in [3.8, 4) is 0 Å². The molecular weight excluding hydrogens is 506 g/mol. The van der Waals surface area contributed by atoms with E-state index in [1.807, 2.05) is 84.2 Å². The third-order valence-electron chi connectivity index (χ3n) is 6.74. The fourth-order valence-electron chi connectivity index (χ4n) is 4.57. The van der Waals surface area contributed by atoms with Crippen molar-refractivity contribution in [2.24, 2.45) is 16.1 Å². The molecule has 10 heteroatoms. The Bertz CT molecular complexity index is 1430. The minimum Gasteiger partial charge on any atom is -0.366 e. The first-order valence-electron chi connectivity index (χ1n) is 13.0. The number of hydrogen-bond donors (Lipinski definition) is 1. The summed E-state index contributed by atoms with van der Waals surface area (Å²) in [6.45, 7) is 1.69. The molecule has 4 aromatic heterocycles. The van der Waals surface area contributed by atoms with Gasteiger partial charge in [-0.15, -0.1) is 0 Å². The molecule has 0 aliphatic carbocycles. The standard InChI is InChI=1S/C30H32N7O3/c31-30(38)27-10-21-37(22-11-27)28(5-4-13-34-16-6-25(7-17-34)23-32-39)29(36-14-2-1-3-15-36)12-20-35-18-8-26(9-19-35)24-33-40/h1-11,14-19,21-22,28-29H,12-13,20,23-24H2,(H-,31,38)/q+3/p+1. The Hall–Kier alpha value is -4.99. The molecule has 10 nitrogen and oxygen atoms in total. The van der Waals surface area contributed by atoms with E-state index in [2.05, 4.69) is 48.6 Å². The van der Waals surface area contributed by atoms with Crippen LogP contribution in [0.5, 0.6) is 0 Å². The number of nitroso groups, excluding NO2 is 2. The molecule has 0 aliphatic heterocycles. The van der Waals surface area contributed by atoms with E-state index in [1.165, 1.54) is 0 Å². The van der Waals surface area contributed by atoms with Crippen LogP contribution in [-0.4, -0.2) is 5.91 Å². The lowest BCUT2D eigenvalue weighted by atomic mass is 10.0. The lowest BCUT2D eigenvalue weighted by molar-refractivity contribution is -0.815. The van der Waals surface area contributed by atoms with Crippen LogP contribution < -0.4 is 24.0 Å². The molecule has 0 bridgehead atoms. The zero-order valence-electron chi connectivity index (χ0n) is 22.1. The van der Waals surface area contributed by atoms with E-state index in [-0.39, 0.29) is 25.2 Å². The van der Waals surface area contributed by atoms with Crippen molar-refractivity contribution in [3.05, 3.63) is 143 Å². The maximum atomic E-state index is 11.7. The van der Waals surface area contributed by atoms with Crippen LogP contribution in [0.4, 0.5) is 0 Å². The molecule has 0 spiro atoms. The SMILES string of the molecule is NC(=O)c1cc[n+](C(C=CC[n+]2ccc(CN=O)cc2)C(CC[n+]2ccc(CN=O)cc2)[n+]2ccccc2)cc1. The molecule has 1 amide bonds. The Morgan fingerprint density at radius 2 is 1.32 bits per heavy atom. The van der Waals surface area contributed by atoms with Crippen LogP contribution in [0.3, 0.4) is 0 Å². The van der Waals surface area contributed by atoms with Crippen LogP contribution >= 0.6 is 0 Å². The van der Waals surface area contributed by atoms with Crippen molar-refractivity contribution in [1.82, 2.24) is 0 Å². The molecule has 0 saturated heterocycles. The molecular formula is C30H33N7O3+4. The van der Waals surface area contributed by atoms with Crippen LogP contribution in [-0.2, 0) is 26.2 Å². The molecule has 4 rings (SSSR count). The predicted molar refractivity (Wildman–Crippen MR) is 146 cm³/mol. The first kappa shape index (κ1) is 28.0. The Morgan fingerprint density at radius 3 is 1.88 bits per heavy atom. The van der Waals surface area contributed by atoms with Crippen molar-refractivity contribution in [2.75, 3.05) is 0 Å². The summed E-state index contributed by atoms with van der Waals surface area (Å²) in [5, 5.41) is 5.91. The third kappa shape index (κ3) is 7.76. The third-order valence-corrected chi connectivity index (χ3v) is 6.74. The number of nitrogens with zero attached hydrogens (tertiary/aromatic N) is 6. The van der Waals surface area contributed by atoms with Gasteiger partial charge in [0.05, 0.1) is 12.0 Å². The number of amides is 1. The normalized spacial score (nSPS) is 12.6. The number of allylic oxidation sites excluding steroid dienone is 2. The molecule has 2 atom stereocenters. The van der Waals surface area contributed by atoms with Gasteiger partial charge in [0.1, 0.15) is 13.1 Å². The molecule has 0 saturated carbocycles. The van der Waals surface area contributed by atoms with Crippen LogP contribution in [0.2, 0.25) is 0 Å². The summed E-state index contributed by atoms with van der Waals surface area (Å²) in [5.74, 6) is -0.470. The van der Waals surface area contributed by atoms with E-state index < -0.39 is 5.91 Å². The van der Waals surface area contributed by atoms with Gasteiger partial charge in [0.2, 0.25) is 18.0 Å². The average molecular weight is 540 g/mol. The second-order valence-electron chi connectivity index (χ2n) is 9.42. The molecule has 202 valence electrons. The minimum absolute atomic E-state index is 0.0248. The molecule has 0 aromatic carbocycles. The van der Waals surface area contributed by atoms with Crippen LogP contribution in [0.1, 0.15) is 40.0 Å². The molecule has 40 heavy (non-hydrogen) atoms. The van der Waals surface area contributed by atoms with E-state index in [0.29, 0.717) is 12.1 Å². The number of hydrogen-bond acceptors (Lipinski definition) is 5. The van der Waals surface area contributed by atoms with Crippen molar-refractivity contribution in [1.29, 1.82) is 0 Å². The lowest BCUT2D eigenvalue weighted by Gasteiger charge is -2.16. The zero-order chi connectivity index (χ0) is 28.2. The van der Waals surface area contributed by atoms with Gasteiger partial charge in [0.25, 0.3) is 0 Å². The number of carbonyl (C=O) groups is 1. The Labute approximate surface area is 232 Å². The summed E-state index contributed by atoms with van der Waals surface area (Å²) < 4.78 is 8.40. The maximum absolute atomic E-state index is 11.7. The second-order valence-corrected chi connectivity index (χ2v) is 9.42. The number of rotatable bonds is 14. The van der Waals surface area contributed by atoms with Crippen LogP contribution in [0.25, 0.3) is 0 Å². The summed E-state index contributed by atoms with van der Waals surface area (Å²) in [5.41, 5.74) is 7.68. The largest absolute Gasteiger partial charge is 0.366 e. The zero-order valence-corrected chi connectivity index (χ0v) is 22.1. The lowest BCUT2D eigenvalue weighted by Crippen LogP contribution is -2.53. The molecule has 0 radical (unpaired) electrons. The highest BCUT2D eigenvalue weighted by molar-refractivity contribution is 5.92. The van der Waals surface area contributed by atoms with Crippen LogP contribution in [0, 0.1) is 9.81 Å². The fraction of sp³-hybridized carbons (Fsp3) is 0.233. The molecule has 0 aliphatic rings. The summed E-state index contributed by atoms with van der Waals surface area (Å²) in [6.07, 6.45) is 20.8. The first-order chi connectivity index (χ1) is 19.6. The maximum Gasteiger partial charge on any atom is 0.249 e. The van der Waals surface area contributed by atoms with Gasteiger partial charge < -0.3 is 5.73 Å². The van der Waals surface area contributed by atoms with Gasteiger partial charge in [-0.05, 0) is 23.3 Å². The van der Waals surface area contributed by atoms with Crippen molar-refractivity contribution in [3.63, 3.8) is 0 Å². The van der Waals surface area contributed by atoms with E-state index in [1.54, 1.807) is 12.1 Å². The topological polar surface area (TPSA) is 117 Å². The smallest absolute Gasteiger partial charge is 0.249 e. The number of pyridine rings is 4. The molecule has 4 heterocycles. The molecule has 0 fully saturated rings. The molecule has 2 unspecified atom stereocenters. The molecule has 4 aromatic rings. The highest BCUT2D eigenvalue weighted by Gasteiger charge is 2.35. The Morgan fingerprint density at radius 1 is 0.750 bits per heavy atom. The summed E-state index contributed by atoms with van der Waals surface area (Å²) in [4.78, 5) is 32.9. The summed E-state index contributed by atoms with van der Waals surface area (Å²) in [7, 11) is 0. The summed E-state index contributed by atoms with van der Waals surface area (Å²) in [6, 6.07) is 17.0. The van der Waals surface area contributed by atoms with Crippen molar-refractivity contribution < 1.29 is 23.1 Å². The highest BCUT2D eigenvalue weighted by atomic mass is 16.3. The minimum atomic E-state index is -0.470. The number of primary amides is 1. The number of aromatic nitrogens is 4. The van der Waals surface area contributed by atoms with Gasteiger partial charge in [-0.3, -0.25) is 4.79 Å². The van der Waals surface area contributed by atoms with Gasteiger partial charge in [-0.25, -0.2) is 9.13 Å². The number of nitrogens with two attached hydrogens (primary N) is 1. The average Bonchev–Trinajstić information content (AvgIpc) is 2.99. The van der Waals surface area contributed by atoms with Gasteiger partial charge in [0.15, 0.2) is 62.7 Å². The van der Waals surface area contributed by atoms with Crippen molar-refractivity contribution in [2.45, 2.75) is 44.7 Å². The second kappa shape index (κ2) is 14.2. The van der Waals surface area contributed by atoms with Gasteiger partial charge in [-0.2, -0.15) is 18.9 Å². The quantitative estimate of drug-likeness (QED) is 0.151. The van der Waals surface area contributed by atoms with Crippen molar-refractivity contribution >= 4 is 5.91 Å². The van der Waals surface area contributed by atoms with E-state index in [9.17, 15) is 14.6 Å². The Balaban J connectivity index is 1.63. The monoisotopic (exact) mass is 539 g/mol. The van der Waals surface area contributed by atoms with Gasteiger partial charge in [0, 0.05) is 48.5 Å². The Kier molecular flexibility index (Phi) is 9.98. The predicted octanol–water partition coefficient (Wildman–Crippen LogP) is 2.60. The molecule has 2 N–H and O–H groups in total. The first-order valence-corrected chi connectivity index (χ1v) is 13.0. The van der Waals surface area contributed by atoms with Crippen LogP contribution in [0.15, 0.2) is 127 Å². The highest BCUT2D eigenvalue weighted by Crippen LogP contribution is 2.19. The summed E-state index contributed by atoms with van der Waals surface area (Å²) >= 11 is 0. The van der Waals surface area contributed by atoms with E-state index in [0.717, 1.165) is 24.1 Å².